The monoisotopic (exact) mass is 227 g/mol. The summed E-state index contributed by atoms with van der Waals surface area (Å²) in [7, 11) is 0. The van der Waals surface area contributed by atoms with E-state index in [0.29, 0.717) is 11.6 Å². The van der Waals surface area contributed by atoms with Crippen LogP contribution in [0.15, 0.2) is 42.6 Å². The molecule has 0 fully saturated rings. The van der Waals surface area contributed by atoms with Crippen LogP contribution in [0.25, 0.3) is 0 Å². The molecule has 17 heavy (non-hydrogen) atoms. The maximum Gasteiger partial charge on any atom is 0.198 e. The first kappa shape index (κ1) is 11.1. The minimum absolute atomic E-state index is 0.0747. The molecule has 0 atom stereocenters. The van der Waals surface area contributed by atoms with Gasteiger partial charge >= 0.3 is 0 Å². The molecule has 0 saturated carbocycles. The summed E-state index contributed by atoms with van der Waals surface area (Å²) in [6.07, 6.45) is 1.65. The van der Waals surface area contributed by atoms with Crippen LogP contribution in [0.2, 0.25) is 0 Å². The molecule has 0 aliphatic carbocycles. The molecular weight excluding hydrogens is 214 g/mol. The van der Waals surface area contributed by atoms with Crippen molar-refractivity contribution >= 4 is 17.5 Å². The van der Waals surface area contributed by atoms with E-state index < -0.39 is 0 Å². The minimum Gasteiger partial charge on any atom is -0.369 e. The zero-order valence-corrected chi connectivity index (χ0v) is 9.46. The molecule has 2 rings (SSSR count). The van der Waals surface area contributed by atoms with Gasteiger partial charge in [0, 0.05) is 6.20 Å². The summed E-state index contributed by atoms with van der Waals surface area (Å²) in [6.45, 7) is 1.80. The van der Waals surface area contributed by atoms with Gasteiger partial charge in [-0.2, -0.15) is 0 Å². The lowest BCUT2D eigenvalue weighted by Crippen LogP contribution is -2.33. The van der Waals surface area contributed by atoms with Gasteiger partial charge in [-0.15, -0.1) is 0 Å². The second kappa shape index (κ2) is 4.61. The number of hydrogen-bond donors (Lipinski definition) is 2. The van der Waals surface area contributed by atoms with Gasteiger partial charge < -0.3 is 5.73 Å². The molecule has 0 saturated heterocycles. The van der Waals surface area contributed by atoms with Crippen LogP contribution in [0.1, 0.15) is 5.82 Å². The Morgan fingerprint density at radius 1 is 1.24 bits per heavy atom. The van der Waals surface area contributed by atoms with Gasteiger partial charge in [0.05, 0.1) is 5.69 Å². The number of rotatable bonds is 2. The highest BCUT2D eigenvalue weighted by Crippen LogP contribution is 2.21. The van der Waals surface area contributed by atoms with Gasteiger partial charge in [0.15, 0.2) is 5.96 Å². The highest BCUT2D eigenvalue weighted by Gasteiger charge is 2.13. The Labute approximate surface area is 99.4 Å². The smallest absolute Gasteiger partial charge is 0.198 e. The van der Waals surface area contributed by atoms with E-state index >= 15 is 0 Å². The number of para-hydroxylation sites is 1. The predicted molar refractivity (Wildman–Crippen MR) is 67.3 cm³/mol. The van der Waals surface area contributed by atoms with Crippen LogP contribution in [0.5, 0.6) is 0 Å². The number of benzene rings is 1. The maximum absolute atomic E-state index is 7.64. The van der Waals surface area contributed by atoms with E-state index in [2.05, 4.69) is 9.97 Å². The Hall–Kier alpha value is -2.43. The van der Waals surface area contributed by atoms with E-state index in [-0.39, 0.29) is 5.96 Å². The highest BCUT2D eigenvalue weighted by molar-refractivity contribution is 5.98. The van der Waals surface area contributed by atoms with Crippen LogP contribution >= 0.6 is 0 Å². The van der Waals surface area contributed by atoms with Crippen LogP contribution in [-0.4, -0.2) is 15.9 Å². The van der Waals surface area contributed by atoms with E-state index in [4.69, 9.17) is 11.1 Å². The van der Waals surface area contributed by atoms with Gasteiger partial charge in [-0.1, -0.05) is 18.2 Å². The SMILES string of the molecule is Cc1nccc(N(C(=N)N)c2ccccc2)n1. The van der Waals surface area contributed by atoms with Crippen molar-refractivity contribution in [3.63, 3.8) is 0 Å². The third-order valence-electron chi connectivity index (χ3n) is 2.25. The van der Waals surface area contributed by atoms with Gasteiger partial charge in [0.2, 0.25) is 0 Å². The zero-order chi connectivity index (χ0) is 12.3. The minimum atomic E-state index is -0.0747. The number of aryl methyl sites for hydroxylation is 1. The largest absolute Gasteiger partial charge is 0.369 e. The summed E-state index contributed by atoms with van der Waals surface area (Å²) >= 11 is 0. The van der Waals surface area contributed by atoms with Crippen molar-refractivity contribution in [1.82, 2.24) is 9.97 Å². The predicted octanol–water partition coefficient (Wildman–Crippen LogP) is 1.82. The molecule has 5 heteroatoms. The van der Waals surface area contributed by atoms with E-state index in [1.54, 1.807) is 24.1 Å². The quantitative estimate of drug-likeness (QED) is 0.606. The van der Waals surface area contributed by atoms with E-state index in [0.717, 1.165) is 5.69 Å². The lowest BCUT2D eigenvalue weighted by atomic mass is 10.3. The first-order valence-corrected chi connectivity index (χ1v) is 5.17. The standard InChI is InChI=1S/C12H13N5/c1-9-15-8-7-11(16-9)17(12(13)14)10-5-3-2-4-6-10/h2-8H,1H3,(H3,13,14). The number of nitrogens with one attached hydrogen (secondary N) is 1. The summed E-state index contributed by atoms with van der Waals surface area (Å²) in [4.78, 5) is 9.86. The second-order valence-electron chi connectivity index (χ2n) is 3.52. The number of nitrogens with zero attached hydrogens (tertiary/aromatic N) is 3. The van der Waals surface area contributed by atoms with Gasteiger partial charge in [-0.05, 0) is 25.1 Å². The topological polar surface area (TPSA) is 78.9 Å². The number of anilines is 2. The zero-order valence-electron chi connectivity index (χ0n) is 9.46. The van der Waals surface area contributed by atoms with Crippen molar-refractivity contribution in [2.45, 2.75) is 6.92 Å². The van der Waals surface area contributed by atoms with Gasteiger partial charge in [0.25, 0.3) is 0 Å². The third kappa shape index (κ3) is 2.39. The van der Waals surface area contributed by atoms with Crippen molar-refractivity contribution < 1.29 is 0 Å². The van der Waals surface area contributed by atoms with E-state index in [1.807, 2.05) is 30.3 Å². The summed E-state index contributed by atoms with van der Waals surface area (Å²) in [5.41, 5.74) is 6.40. The van der Waals surface area contributed by atoms with Gasteiger partial charge in [-0.3, -0.25) is 10.3 Å². The maximum atomic E-state index is 7.64. The molecule has 0 aliphatic rings. The Morgan fingerprint density at radius 3 is 2.53 bits per heavy atom. The molecule has 0 bridgehead atoms. The first-order valence-electron chi connectivity index (χ1n) is 5.17. The van der Waals surface area contributed by atoms with Crippen LogP contribution in [0, 0.1) is 12.3 Å². The average molecular weight is 227 g/mol. The third-order valence-corrected chi connectivity index (χ3v) is 2.25. The molecule has 0 radical (unpaired) electrons. The molecule has 86 valence electrons. The van der Waals surface area contributed by atoms with E-state index in [1.165, 1.54) is 0 Å². The Kier molecular flexibility index (Phi) is 3.00. The summed E-state index contributed by atoms with van der Waals surface area (Å²) in [6, 6.07) is 11.2. The molecule has 1 heterocycles. The van der Waals surface area contributed by atoms with Crippen molar-refractivity contribution in [2.75, 3.05) is 4.90 Å². The Morgan fingerprint density at radius 2 is 1.94 bits per heavy atom. The van der Waals surface area contributed by atoms with Crippen molar-refractivity contribution in [2.24, 2.45) is 5.73 Å². The molecular formula is C12H13N5. The fourth-order valence-electron chi connectivity index (χ4n) is 1.54. The number of nitrogens with two attached hydrogens (primary N) is 1. The molecule has 2 aromatic rings. The lowest BCUT2D eigenvalue weighted by molar-refractivity contribution is 1.03. The van der Waals surface area contributed by atoms with Crippen molar-refractivity contribution in [3.05, 3.63) is 48.4 Å². The molecule has 0 unspecified atom stereocenters. The second-order valence-corrected chi connectivity index (χ2v) is 3.52. The van der Waals surface area contributed by atoms with Crippen LogP contribution in [0.3, 0.4) is 0 Å². The Balaban J connectivity index is 2.47. The molecule has 1 aromatic carbocycles. The summed E-state index contributed by atoms with van der Waals surface area (Å²) in [5, 5.41) is 7.64. The molecule has 3 N–H and O–H groups in total. The number of aromatic nitrogens is 2. The molecule has 0 spiro atoms. The number of guanidine groups is 1. The summed E-state index contributed by atoms with van der Waals surface area (Å²) in [5.74, 6) is 1.16. The van der Waals surface area contributed by atoms with Crippen molar-refractivity contribution in [1.29, 1.82) is 5.41 Å². The lowest BCUT2D eigenvalue weighted by Gasteiger charge is -2.21. The molecule has 1 aromatic heterocycles. The Bertz CT molecular complexity index is 523. The molecule has 5 nitrogen and oxygen atoms in total. The first-order chi connectivity index (χ1) is 8.18. The fraction of sp³-hybridized carbons (Fsp3) is 0.0833. The fourth-order valence-corrected chi connectivity index (χ4v) is 1.54. The number of hydrogen-bond acceptors (Lipinski definition) is 3. The van der Waals surface area contributed by atoms with Crippen LogP contribution < -0.4 is 10.6 Å². The molecule has 0 aliphatic heterocycles. The van der Waals surface area contributed by atoms with Crippen molar-refractivity contribution in [3.8, 4) is 0 Å². The van der Waals surface area contributed by atoms with Crippen LogP contribution in [-0.2, 0) is 0 Å². The summed E-state index contributed by atoms with van der Waals surface area (Å²) < 4.78 is 0. The highest BCUT2D eigenvalue weighted by atomic mass is 15.3. The van der Waals surface area contributed by atoms with Gasteiger partial charge in [-0.25, -0.2) is 9.97 Å². The molecule has 0 amide bonds. The van der Waals surface area contributed by atoms with E-state index in [9.17, 15) is 0 Å². The average Bonchev–Trinajstić information content (AvgIpc) is 2.30. The van der Waals surface area contributed by atoms with Crippen LogP contribution in [0.4, 0.5) is 11.5 Å². The van der Waals surface area contributed by atoms with Gasteiger partial charge in [0.1, 0.15) is 11.6 Å². The normalized spacial score (nSPS) is 9.94.